The number of rotatable bonds is 5. The summed E-state index contributed by atoms with van der Waals surface area (Å²) in [6, 6.07) is 4.93. The normalized spacial score (nSPS) is 10.3. The Morgan fingerprint density at radius 2 is 2.25 bits per heavy atom. The van der Waals surface area contributed by atoms with Crippen molar-refractivity contribution in [3.05, 3.63) is 39.8 Å². The number of thiazole rings is 1. The third-order valence-corrected chi connectivity index (χ3v) is 3.84. The minimum Gasteiger partial charge on any atom is -0.492 e. The number of esters is 1. The summed E-state index contributed by atoms with van der Waals surface area (Å²) in [5.74, 6) is 0.0227. The van der Waals surface area contributed by atoms with Gasteiger partial charge >= 0.3 is 5.97 Å². The molecule has 0 aliphatic heterocycles. The highest BCUT2D eigenvalue weighted by molar-refractivity contribution is 7.09. The molecule has 2 rings (SSSR count). The first kappa shape index (κ1) is 14.3. The van der Waals surface area contributed by atoms with Crippen LogP contribution < -0.4 is 10.5 Å². The van der Waals surface area contributed by atoms with Crippen molar-refractivity contribution < 1.29 is 14.3 Å². The Kier molecular flexibility index (Phi) is 4.57. The number of carbonyl (C=O) groups excluding carboxylic acids is 1. The Morgan fingerprint density at radius 1 is 1.45 bits per heavy atom. The number of hydrogen-bond donors (Lipinski definition) is 1. The van der Waals surface area contributed by atoms with Crippen molar-refractivity contribution in [3.8, 4) is 5.75 Å². The molecule has 0 saturated heterocycles. The highest BCUT2D eigenvalue weighted by Crippen LogP contribution is 2.23. The summed E-state index contributed by atoms with van der Waals surface area (Å²) in [5.41, 5.74) is 9.34. The first-order valence-corrected chi connectivity index (χ1v) is 6.99. The molecule has 5 nitrogen and oxygen atoms in total. The number of nitrogens with zero attached hydrogens (tertiary/aromatic N) is 1. The van der Waals surface area contributed by atoms with Gasteiger partial charge in [-0.1, -0.05) is 0 Å². The Bertz CT molecular complexity index is 610. The van der Waals surface area contributed by atoms with E-state index in [-0.39, 0.29) is 0 Å². The molecular weight excluding hydrogens is 276 g/mol. The molecule has 0 amide bonds. The zero-order chi connectivity index (χ0) is 14.5. The zero-order valence-corrected chi connectivity index (χ0v) is 12.2. The van der Waals surface area contributed by atoms with Gasteiger partial charge in [-0.05, 0) is 25.1 Å². The molecule has 2 aromatic rings. The number of methoxy groups -OCH3 is 1. The van der Waals surface area contributed by atoms with Crippen LogP contribution in [0.3, 0.4) is 0 Å². The van der Waals surface area contributed by atoms with Crippen LogP contribution in [-0.2, 0) is 11.2 Å². The van der Waals surface area contributed by atoms with Gasteiger partial charge in [-0.15, -0.1) is 11.3 Å². The molecule has 0 saturated carbocycles. The van der Waals surface area contributed by atoms with Gasteiger partial charge in [0.25, 0.3) is 0 Å². The van der Waals surface area contributed by atoms with E-state index in [0.717, 1.165) is 12.1 Å². The fourth-order valence-electron chi connectivity index (χ4n) is 1.76. The minimum absolute atomic E-state index is 0.341. The maximum Gasteiger partial charge on any atom is 0.341 e. The van der Waals surface area contributed by atoms with Crippen molar-refractivity contribution in [1.29, 1.82) is 0 Å². The number of nitrogen functional groups attached to an aromatic ring is 1. The highest BCUT2D eigenvalue weighted by Gasteiger charge is 2.13. The van der Waals surface area contributed by atoms with Crippen molar-refractivity contribution in [2.75, 3.05) is 19.5 Å². The summed E-state index contributed by atoms with van der Waals surface area (Å²) < 4.78 is 10.4. The van der Waals surface area contributed by atoms with Crippen molar-refractivity contribution in [2.24, 2.45) is 0 Å². The van der Waals surface area contributed by atoms with E-state index in [9.17, 15) is 4.79 Å². The second-order valence-corrected chi connectivity index (χ2v) is 5.15. The van der Waals surface area contributed by atoms with Gasteiger partial charge in [0, 0.05) is 17.0 Å². The summed E-state index contributed by atoms with van der Waals surface area (Å²) in [7, 11) is 1.33. The van der Waals surface area contributed by atoms with Crippen molar-refractivity contribution in [2.45, 2.75) is 13.3 Å². The summed E-state index contributed by atoms with van der Waals surface area (Å²) in [6.07, 6.45) is 0.751. The molecule has 0 aliphatic rings. The molecule has 106 valence electrons. The molecule has 0 fully saturated rings. The number of benzene rings is 1. The molecule has 20 heavy (non-hydrogen) atoms. The number of hydrogen-bond acceptors (Lipinski definition) is 6. The molecule has 1 heterocycles. The SMILES string of the molecule is COC(=O)c1cc(N)ccc1OCCc1scnc1C. The Morgan fingerprint density at radius 3 is 2.90 bits per heavy atom. The van der Waals surface area contributed by atoms with E-state index in [2.05, 4.69) is 4.98 Å². The summed E-state index contributed by atoms with van der Waals surface area (Å²) in [5, 5.41) is 0. The van der Waals surface area contributed by atoms with Crippen LogP contribution in [0.2, 0.25) is 0 Å². The zero-order valence-electron chi connectivity index (χ0n) is 11.4. The van der Waals surface area contributed by atoms with Crippen LogP contribution in [-0.4, -0.2) is 24.7 Å². The molecular formula is C14H16N2O3S. The van der Waals surface area contributed by atoms with Gasteiger partial charge < -0.3 is 15.2 Å². The molecule has 1 aromatic heterocycles. The fourth-order valence-corrected chi connectivity index (χ4v) is 2.53. The van der Waals surface area contributed by atoms with E-state index < -0.39 is 5.97 Å². The van der Waals surface area contributed by atoms with E-state index in [1.165, 1.54) is 12.0 Å². The predicted octanol–water partition coefficient (Wildman–Crippen LogP) is 2.44. The minimum atomic E-state index is -0.457. The van der Waals surface area contributed by atoms with E-state index in [1.807, 2.05) is 12.4 Å². The molecule has 1 aromatic carbocycles. The first-order chi connectivity index (χ1) is 9.61. The quantitative estimate of drug-likeness (QED) is 0.676. The number of ether oxygens (including phenoxy) is 2. The summed E-state index contributed by atoms with van der Waals surface area (Å²) >= 11 is 1.60. The fraction of sp³-hybridized carbons (Fsp3) is 0.286. The van der Waals surface area contributed by atoms with Crippen LogP contribution >= 0.6 is 11.3 Å². The summed E-state index contributed by atoms with van der Waals surface area (Å²) in [4.78, 5) is 17.0. The van der Waals surface area contributed by atoms with Crippen molar-refractivity contribution in [3.63, 3.8) is 0 Å². The van der Waals surface area contributed by atoms with Crippen LogP contribution in [0.5, 0.6) is 5.75 Å². The number of nitrogens with two attached hydrogens (primary N) is 1. The Labute approximate surface area is 121 Å². The van der Waals surface area contributed by atoms with Crippen LogP contribution in [0.4, 0.5) is 5.69 Å². The van der Waals surface area contributed by atoms with Gasteiger partial charge in [-0.3, -0.25) is 0 Å². The summed E-state index contributed by atoms with van der Waals surface area (Å²) in [6.45, 7) is 2.44. The molecule has 2 N–H and O–H groups in total. The molecule has 0 atom stereocenters. The van der Waals surface area contributed by atoms with Gasteiger partial charge in [0.2, 0.25) is 0 Å². The second kappa shape index (κ2) is 6.38. The number of aromatic nitrogens is 1. The number of anilines is 1. The van der Waals surface area contributed by atoms with Gasteiger partial charge in [0.1, 0.15) is 11.3 Å². The second-order valence-electron chi connectivity index (χ2n) is 4.21. The Balaban J connectivity index is 2.05. The maximum absolute atomic E-state index is 11.7. The Hall–Kier alpha value is -2.08. The molecule has 0 bridgehead atoms. The largest absolute Gasteiger partial charge is 0.492 e. The van der Waals surface area contributed by atoms with Gasteiger partial charge in [0.15, 0.2) is 0 Å². The van der Waals surface area contributed by atoms with Crippen LogP contribution in [0.1, 0.15) is 20.9 Å². The lowest BCUT2D eigenvalue weighted by molar-refractivity contribution is 0.0596. The third kappa shape index (κ3) is 3.27. The first-order valence-electron chi connectivity index (χ1n) is 6.11. The highest BCUT2D eigenvalue weighted by atomic mass is 32.1. The molecule has 0 unspecified atom stereocenters. The standard InChI is InChI=1S/C14H16N2O3S/c1-9-13(20-8-16-9)5-6-19-12-4-3-10(15)7-11(12)14(17)18-2/h3-4,7-8H,5-6,15H2,1-2H3. The van der Waals surface area contributed by atoms with E-state index in [1.54, 1.807) is 29.5 Å². The molecule has 0 spiro atoms. The third-order valence-electron chi connectivity index (χ3n) is 2.84. The molecule has 6 heteroatoms. The predicted molar refractivity (Wildman–Crippen MR) is 78.2 cm³/mol. The van der Waals surface area contributed by atoms with Gasteiger partial charge in [-0.2, -0.15) is 0 Å². The number of aryl methyl sites for hydroxylation is 1. The lowest BCUT2D eigenvalue weighted by Gasteiger charge is -2.10. The van der Waals surface area contributed by atoms with Gasteiger partial charge in [-0.25, -0.2) is 9.78 Å². The van der Waals surface area contributed by atoms with E-state index in [0.29, 0.717) is 23.6 Å². The van der Waals surface area contributed by atoms with Crippen LogP contribution in [0.25, 0.3) is 0 Å². The van der Waals surface area contributed by atoms with Crippen molar-refractivity contribution >= 4 is 23.0 Å². The van der Waals surface area contributed by atoms with Crippen LogP contribution in [0, 0.1) is 6.92 Å². The molecule has 0 aliphatic carbocycles. The van der Waals surface area contributed by atoms with E-state index in [4.69, 9.17) is 15.2 Å². The van der Waals surface area contributed by atoms with Gasteiger partial charge in [0.05, 0.1) is 24.9 Å². The molecule has 0 radical (unpaired) electrons. The number of carbonyl (C=O) groups is 1. The maximum atomic E-state index is 11.7. The lowest BCUT2D eigenvalue weighted by atomic mass is 10.2. The van der Waals surface area contributed by atoms with E-state index >= 15 is 0 Å². The monoisotopic (exact) mass is 292 g/mol. The van der Waals surface area contributed by atoms with Crippen molar-refractivity contribution in [1.82, 2.24) is 4.98 Å². The average Bonchev–Trinajstić information content (AvgIpc) is 2.85. The van der Waals surface area contributed by atoms with Crippen LogP contribution in [0.15, 0.2) is 23.7 Å². The smallest absolute Gasteiger partial charge is 0.341 e. The average molecular weight is 292 g/mol. The lowest BCUT2D eigenvalue weighted by Crippen LogP contribution is -2.08. The topological polar surface area (TPSA) is 74.4 Å².